The highest BCUT2D eigenvalue weighted by molar-refractivity contribution is 6.09. The molecule has 0 spiro atoms. The average Bonchev–Trinajstić information content (AvgIpc) is 3.36. The lowest BCUT2D eigenvalue weighted by molar-refractivity contribution is 0.100. The van der Waals surface area contributed by atoms with E-state index in [1.165, 1.54) is 5.56 Å². The van der Waals surface area contributed by atoms with Crippen molar-refractivity contribution in [2.24, 2.45) is 5.73 Å². The predicted octanol–water partition coefficient (Wildman–Crippen LogP) is 3.33. The number of benzene rings is 2. The number of nitrogens with zero attached hydrogens (tertiary/aromatic N) is 3. The van der Waals surface area contributed by atoms with E-state index >= 15 is 0 Å². The molecule has 0 saturated carbocycles. The second-order valence-electron chi connectivity index (χ2n) is 7.50. The molecule has 1 amide bonds. The number of nitrogens with two attached hydrogens (primary N) is 1. The van der Waals surface area contributed by atoms with Crippen molar-refractivity contribution in [3.63, 3.8) is 0 Å². The SMILES string of the molecule is CN1CCc2c(NCc3ccccc3)nc(-c3[nH]cc4c(C(N)=O)cccc34)nc21. The molecule has 150 valence electrons. The summed E-state index contributed by atoms with van der Waals surface area (Å²) in [5.41, 5.74) is 9.12. The van der Waals surface area contributed by atoms with Crippen LogP contribution in [0.5, 0.6) is 0 Å². The van der Waals surface area contributed by atoms with E-state index in [1.807, 2.05) is 37.4 Å². The summed E-state index contributed by atoms with van der Waals surface area (Å²) < 4.78 is 0. The Morgan fingerprint density at radius 2 is 1.97 bits per heavy atom. The van der Waals surface area contributed by atoms with Gasteiger partial charge in [0.1, 0.15) is 11.6 Å². The number of carbonyl (C=O) groups excluding carboxylic acids is 1. The zero-order valence-electron chi connectivity index (χ0n) is 16.6. The molecule has 0 atom stereocenters. The molecule has 2 aromatic heterocycles. The fourth-order valence-corrected chi connectivity index (χ4v) is 4.00. The van der Waals surface area contributed by atoms with Gasteiger partial charge in [0.15, 0.2) is 5.82 Å². The summed E-state index contributed by atoms with van der Waals surface area (Å²) in [6.07, 6.45) is 2.70. The van der Waals surface area contributed by atoms with Crippen molar-refractivity contribution in [2.45, 2.75) is 13.0 Å². The Hall–Kier alpha value is -3.87. The molecule has 0 radical (unpaired) electrons. The number of H-pyrrole nitrogens is 1. The van der Waals surface area contributed by atoms with Crippen LogP contribution in [0.4, 0.5) is 11.6 Å². The minimum atomic E-state index is -0.453. The van der Waals surface area contributed by atoms with Crippen LogP contribution in [0.1, 0.15) is 21.5 Å². The zero-order valence-corrected chi connectivity index (χ0v) is 16.6. The van der Waals surface area contributed by atoms with E-state index in [0.29, 0.717) is 17.9 Å². The lowest BCUT2D eigenvalue weighted by atomic mass is 10.1. The number of amides is 1. The van der Waals surface area contributed by atoms with Gasteiger partial charge in [0.25, 0.3) is 0 Å². The van der Waals surface area contributed by atoms with Gasteiger partial charge in [0, 0.05) is 48.2 Å². The quantitative estimate of drug-likeness (QED) is 0.479. The number of rotatable bonds is 5. The number of likely N-dealkylation sites (N-methyl/N-ethyl adjacent to an activating group) is 1. The zero-order chi connectivity index (χ0) is 20.7. The number of hydrogen-bond donors (Lipinski definition) is 3. The number of aromatic nitrogens is 3. The van der Waals surface area contributed by atoms with Crippen LogP contribution in [0.2, 0.25) is 0 Å². The molecule has 1 aliphatic rings. The molecule has 0 bridgehead atoms. The van der Waals surface area contributed by atoms with Crippen molar-refractivity contribution < 1.29 is 4.79 Å². The third-order valence-corrected chi connectivity index (χ3v) is 5.57. The highest BCUT2D eigenvalue weighted by Crippen LogP contribution is 2.35. The van der Waals surface area contributed by atoms with E-state index in [9.17, 15) is 4.79 Å². The molecule has 4 aromatic rings. The van der Waals surface area contributed by atoms with E-state index in [2.05, 4.69) is 27.3 Å². The Labute approximate surface area is 174 Å². The van der Waals surface area contributed by atoms with Gasteiger partial charge in [-0.25, -0.2) is 9.97 Å². The first kappa shape index (κ1) is 18.2. The number of hydrogen-bond acceptors (Lipinski definition) is 5. The second-order valence-corrected chi connectivity index (χ2v) is 7.50. The van der Waals surface area contributed by atoms with Crippen molar-refractivity contribution in [1.29, 1.82) is 0 Å². The summed E-state index contributed by atoms with van der Waals surface area (Å²) in [5, 5.41) is 5.15. The van der Waals surface area contributed by atoms with Crippen LogP contribution in [0, 0.1) is 0 Å². The number of carbonyl (C=O) groups is 1. The van der Waals surface area contributed by atoms with Crippen LogP contribution in [0.3, 0.4) is 0 Å². The lowest BCUT2D eigenvalue weighted by Gasteiger charge is -2.15. The third kappa shape index (κ3) is 3.04. The third-order valence-electron chi connectivity index (χ3n) is 5.57. The van der Waals surface area contributed by atoms with Crippen LogP contribution >= 0.6 is 0 Å². The largest absolute Gasteiger partial charge is 0.366 e. The van der Waals surface area contributed by atoms with Gasteiger partial charge < -0.3 is 20.9 Å². The molecule has 0 saturated heterocycles. The van der Waals surface area contributed by atoms with Crippen molar-refractivity contribution in [3.8, 4) is 11.5 Å². The summed E-state index contributed by atoms with van der Waals surface area (Å²) >= 11 is 0. The number of primary amides is 1. The van der Waals surface area contributed by atoms with Gasteiger partial charge in [-0.15, -0.1) is 0 Å². The van der Waals surface area contributed by atoms with Crippen molar-refractivity contribution in [2.75, 3.05) is 23.8 Å². The maximum Gasteiger partial charge on any atom is 0.249 e. The first-order chi connectivity index (χ1) is 14.6. The molecule has 1 aliphatic heterocycles. The molecule has 2 aromatic carbocycles. The Morgan fingerprint density at radius 1 is 1.13 bits per heavy atom. The fraction of sp³-hybridized carbons (Fsp3) is 0.174. The normalized spacial score (nSPS) is 12.9. The fourth-order valence-electron chi connectivity index (χ4n) is 4.00. The first-order valence-corrected chi connectivity index (χ1v) is 9.92. The maximum atomic E-state index is 11.8. The molecule has 7 heteroatoms. The molecular formula is C23H22N6O. The lowest BCUT2D eigenvalue weighted by Crippen LogP contribution is -2.14. The predicted molar refractivity (Wildman–Crippen MR) is 119 cm³/mol. The van der Waals surface area contributed by atoms with E-state index in [0.717, 1.165) is 46.6 Å². The Kier molecular flexibility index (Phi) is 4.35. The molecule has 0 unspecified atom stereocenters. The van der Waals surface area contributed by atoms with Crippen LogP contribution in [0.15, 0.2) is 54.7 Å². The summed E-state index contributed by atoms with van der Waals surface area (Å²) in [6.45, 7) is 1.59. The number of aromatic amines is 1. The maximum absolute atomic E-state index is 11.8. The Bertz CT molecular complexity index is 1250. The Balaban J connectivity index is 1.60. The van der Waals surface area contributed by atoms with E-state index < -0.39 is 5.91 Å². The van der Waals surface area contributed by atoms with Crippen LogP contribution in [0.25, 0.3) is 22.3 Å². The van der Waals surface area contributed by atoms with E-state index in [4.69, 9.17) is 15.7 Å². The summed E-state index contributed by atoms with van der Waals surface area (Å²) in [7, 11) is 2.04. The summed E-state index contributed by atoms with van der Waals surface area (Å²) in [4.78, 5) is 26.9. The van der Waals surface area contributed by atoms with Gasteiger partial charge in [-0.1, -0.05) is 42.5 Å². The molecular weight excluding hydrogens is 376 g/mol. The van der Waals surface area contributed by atoms with Gasteiger partial charge in [0.2, 0.25) is 5.91 Å². The molecule has 30 heavy (non-hydrogen) atoms. The average molecular weight is 398 g/mol. The van der Waals surface area contributed by atoms with Crippen molar-refractivity contribution >= 4 is 28.3 Å². The highest BCUT2D eigenvalue weighted by atomic mass is 16.1. The van der Waals surface area contributed by atoms with Crippen LogP contribution < -0.4 is 16.0 Å². The van der Waals surface area contributed by atoms with Gasteiger partial charge in [-0.05, 0) is 18.1 Å². The Morgan fingerprint density at radius 3 is 2.77 bits per heavy atom. The topological polar surface area (TPSA) is 99.9 Å². The van der Waals surface area contributed by atoms with Crippen molar-refractivity contribution in [3.05, 3.63) is 71.4 Å². The standard InChI is InChI=1S/C23H22N6O/c1-29-11-10-17-21(26-12-14-6-3-2-4-7-14)27-22(28-23(17)29)19-15-8-5-9-16(20(24)30)18(15)13-25-19/h2-9,13,25H,10-12H2,1H3,(H2,24,30)(H,26,27,28). The second kappa shape index (κ2) is 7.18. The van der Waals surface area contributed by atoms with E-state index in [-0.39, 0.29) is 0 Å². The smallest absolute Gasteiger partial charge is 0.249 e. The summed E-state index contributed by atoms with van der Waals surface area (Å²) in [5.74, 6) is 1.92. The molecule has 4 N–H and O–H groups in total. The van der Waals surface area contributed by atoms with Gasteiger partial charge in [-0.3, -0.25) is 4.79 Å². The summed E-state index contributed by atoms with van der Waals surface area (Å²) in [6, 6.07) is 15.8. The van der Waals surface area contributed by atoms with Gasteiger partial charge in [0.05, 0.1) is 5.69 Å². The molecule has 5 rings (SSSR count). The number of fused-ring (bicyclic) bond motifs is 2. The number of nitrogens with one attached hydrogen (secondary N) is 2. The van der Waals surface area contributed by atoms with Crippen molar-refractivity contribution in [1.82, 2.24) is 15.0 Å². The molecule has 0 aliphatic carbocycles. The van der Waals surface area contributed by atoms with Crippen LogP contribution in [-0.4, -0.2) is 34.5 Å². The van der Waals surface area contributed by atoms with Gasteiger partial charge >= 0.3 is 0 Å². The number of anilines is 2. The van der Waals surface area contributed by atoms with Crippen LogP contribution in [-0.2, 0) is 13.0 Å². The molecule has 3 heterocycles. The van der Waals surface area contributed by atoms with E-state index in [1.54, 1.807) is 12.3 Å². The minimum absolute atomic E-state index is 0.453. The molecule has 7 nitrogen and oxygen atoms in total. The van der Waals surface area contributed by atoms with Gasteiger partial charge in [-0.2, -0.15) is 0 Å². The highest BCUT2D eigenvalue weighted by Gasteiger charge is 2.25. The minimum Gasteiger partial charge on any atom is -0.366 e. The first-order valence-electron chi connectivity index (χ1n) is 9.92. The monoisotopic (exact) mass is 398 g/mol. The molecule has 0 fully saturated rings.